The summed E-state index contributed by atoms with van der Waals surface area (Å²) in [6.07, 6.45) is 0. The maximum Gasteiger partial charge on any atom is 0.335 e. The highest BCUT2D eigenvalue weighted by molar-refractivity contribution is 6.33. The molecule has 104 valence electrons. The predicted molar refractivity (Wildman–Crippen MR) is 70.9 cm³/mol. The van der Waals surface area contributed by atoms with Gasteiger partial charge in [0.2, 0.25) is 0 Å². The van der Waals surface area contributed by atoms with E-state index >= 15 is 0 Å². The quantitative estimate of drug-likeness (QED) is 0.836. The Balaban J connectivity index is 2.42. The van der Waals surface area contributed by atoms with Crippen LogP contribution in [0.15, 0.2) is 24.3 Å². The van der Waals surface area contributed by atoms with E-state index in [0.29, 0.717) is 6.07 Å². The minimum atomic E-state index is -1.22. The molecule has 0 aliphatic carbocycles. The van der Waals surface area contributed by atoms with Crippen molar-refractivity contribution in [2.24, 2.45) is 0 Å². The van der Waals surface area contributed by atoms with E-state index in [0.717, 1.165) is 18.2 Å². The van der Waals surface area contributed by atoms with E-state index in [4.69, 9.17) is 28.3 Å². The second-order valence-electron chi connectivity index (χ2n) is 3.74. The molecule has 2 N–H and O–H groups in total. The third kappa shape index (κ3) is 3.15. The van der Waals surface area contributed by atoms with Crippen LogP contribution < -0.4 is 5.32 Å². The number of hydrogen-bond donors (Lipinski definition) is 2. The fourth-order valence-electron chi connectivity index (χ4n) is 1.47. The monoisotopic (exact) mass is 318 g/mol. The number of rotatable bonds is 3. The van der Waals surface area contributed by atoms with Crippen molar-refractivity contribution in [3.63, 3.8) is 0 Å². The van der Waals surface area contributed by atoms with Gasteiger partial charge in [0.05, 0.1) is 16.3 Å². The molecule has 4 nitrogen and oxygen atoms in total. The van der Waals surface area contributed by atoms with E-state index in [2.05, 4.69) is 10.3 Å². The maximum absolute atomic E-state index is 13.6. The molecule has 0 spiro atoms. The molecule has 0 bridgehead atoms. The van der Waals surface area contributed by atoms with Gasteiger partial charge in [0.15, 0.2) is 5.82 Å². The van der Waals surface area contributed by atoms with Crippen molar-refractivity contribution in [1.82, 2.24) is 4.98 Å². The summed E-state index contributed by atoms with van der Waals surface area (Å²) in [5.41, 5.74) is -0.356. The Morgan fingerprint density at radius 3 is 2.50 bits per heavy atom. The van der Waals surface area contributed by atoms with Gasteiger partial charge in [0.1, 0.15) is 16.8 Å². The summed E-state index contributed by atoms with van der Waals surface area (Å²) in [6, 6.07) is 3.83. The van der Waals surface area contributed by atoms with E-state index in [1.165, 1.54) is 0 Å². The van der Waals surface area contributed by atoms with Crippen LogP contribution in [0.3, 0.4) is 0 Å². The highest BCUT2D eigenvalue weighted by Gasteiger charge is 2.13. The van der Waals surface area contributed by atoms with Gasteiger partial charge in [0, 0.05) is 6.07 Å². The number of carboxylic acid groups (broad SMARTS) is 1. The molecular formula is C12H6Cl2F2N2O2. The first kappa shape index (κ1) is 14.5. The summed E-state index contributed by atoms with van der Waals surface area (Å²) >= 11 is 11.4. The van der Waals surface area contributed by atoms with Crippen LogP contribution in [0.25, 0.3) is 0 Å². The van der Waals surface area contributed by atoms with Crippen molar-refractivity contribution in [1.29, 1.82) is 0 Å². The minimum Gasteiger partial charge on any atom is -0.478 e. The van der Waals surface area contributed by atoms with E-state index in [-0.39, 0.29) is 27.2 Å². The number of carboxylic acids is 1. The van der Waals surface area contributed by atoms with E-state index in [1.54, 1.807) is 0 Å². The number of nitrogens with one attached hydrogen (secondary N) is 1. The van der Waals surface area contributed by atoms with E-state index in [9.17, 15) is 13.6 Å². The Bertz CT molecular complexity index is 672. The van der Waals surface area contributed by atoms with Crippen molar-refractivity contribution in [2.45, 2.75) is 0 Å². The van der Waals surface area contributed by atoms with Crippen LogP contribution in [0.4, 0.5) is 20.3 Å². The highest BCUT2D eigenvalue weighted by Crippen LogP contribution is 2.29. The lowest BCUT2D eigenvalue weighted by molar-refractivity contribution is 0.0697. The van der Waals surface area contributed by atoms with Gasteiger partial charge in [-0.1, -0.05) is 23.2 Å². The number of carbonyl (C=O) groups is 1. The largest absolute Gasteiger partial charge is 0.478 e. The number of nitrogens with zero attached hydrogens (tertiary/aromatic N) is 1. The van der Waals surface area contributed by atoms with Crippen LogP contribution in [0.2, 0.25) is 10.2 Å². The van der Waals surface area contributed by atoms with Crippen LogP contribution >= 0.6 is 23.2 Å². The number of aromatic nitrogens is 1. The van der Waals surface area contributed by atoms with Gasteiger partial charge in [-0.05, 0) is 18.2 Å². The summed E-state index contributed by atoms with van der Waals surface area (Å²) in [5, 5.41) is 11.1. The molecule has 0 atom stereocenters. The molecule has 0 aliphatic heterocycles. The first-order chi connectivity index (χ1) is 9.36. The number of pyridine rings is 1. The highest BCUT2D eigenvalue weighted by atomic mass is 35.5. The molecular weight excluding hydrogens is 313 g/mol. The molecule has 0 fully saturated rings. The van der Waals surface area contributed by atoms with Gasteiger partial charge in [0.25, 0.3) is 0 Å². The normalized spacial score (nSPS) is 10.4. The second kappa shape index (κ2) is 5.60. The second-order valence-corrected chi connectivity index (χ2v) is 4.53. The van der Waals surface area contributed by atoms with Crippen molar-refractivity contribution >= 4 is 40.7 Å². The lowest BCUT2D eigenvalue weighted by Crippen LogP contribution is -2.02. The number of benzene rings is 1. The third-order valence-electron chi connectivity index (χ3n) is 2.30. The Morgan fingerprint density at radius 1 is 1.20 bits per heavy atom. The van der Waals surface area contributed by atoms with Crippen molar-refractivity contribution in [3.05, 3.63) is 51.6 Å². The zero-order valence-electron chi connectivity index (χ0n) is 9.62. The SMILES string of the molecule is O=C(O)c1cc(Cl)nc(Nc2c(F)cc(F)cc2Cl)c1. The van der Waals surface area contributed by atoms with E-state index < -0.39 is 17.6 Å². The average molecular weight is 319 g/mol. The molecule has 1 aromatic heterocycles. The molecule has 0 aliphatic rings. The topological polar surface area (TPSA) is 62.2 Å². The summed E-state index contributed by atoms with van der Waals surface area (Å²) in [7, 11) is 0. The van der Waals surface area contributed by atoms with Crippen molar-refractivity contribution in [3.8, 4) is 0 Å². The molecule has 8 heteroatoms. The Labute approximate surface area is 122 Å². The molecule has 0 unspecified atom stereocenters. The smallest absolute Gasteiger partial charge is 0.335 e. The molecule has 1 aromatic carbocycles. The molecule has 20 heavy (non-hydrogen) atoms. The molecule has 0 saturated carbocycles. The fraction of sp³-hybridized carbons (Fsp3) is 0. The predicted octanol–water partition coefficient (Wildman–Crippen LogP) is 4.11. The van der Waals surface area contributed by atoms with Gasteiger partial charge < -0.3 is 10.4 Å². The average Bonchev–Trinajstić information content (AvgIpc) is 2.33. The van der Waals surface area contributed by atoms with Crippen LogP contribution in [0.1, 0.15) is 10.4 Å². The zero-order chi connectivity index (χ0) is 14.9. The number of anilines is 2. The molecule has 2 aromatic rings. The summed E-state index contributed by atoms with van der Waals surface area (Å²) in [4.78, 5) is 14.7. The summed E-state index contributed by atoms with van der Waals surface area (Å²) in [5.74, 6) is -3.01. The fourth-order valence-corrected chi connectivity index (χ4v) is 1.92. The van der Waals surface area contributed by atoms with Crippen LogP contribution in [-0.4, -0.2) is 16.1 Å². The van der Waals surface area contributed by atoms with E-state index in [1.807, 2.05) is 0 Å². The first-order valence-electron chi connectivity index (χ1n) is 5.19. The van der Waals surface area contributed by atoms with Gasteiger partial charge in [-0.15, -0.1) is 0 Å². The molecule has 0 amide bonds. The molecule has 1 heterocycles. The third-order valence-corrected chi connectivity index (χ3v) is 2.79. The van der Waals surface area contributed by atoms with Crippen LogP contribution in [0.5, 0.6) is 0 Å². The Hall–Kier alpha value is -1.92. The number of hydrogen-bond acceptors (Lipinski definition) is 3. The Morgan fingerprint density at radius 2 is 1.90 bits per heavy atom. The van der Waals surface area contributed by atoms with Crippen LogP contribution in [0, 0.1) is 11.6 Å². The first-order valence-corrected chi connectivity index (χ1v) is 5.95. The summed E-state index contributed by atoms with van der Waals surface area (Å²) in [6.45, 7) is 0. The van der Waals surface area contributed by atoms with Crippen LogP contribution in [-0.2, 0) is 0 Å². The lowest BCUT2D eigenvalue weighted by atomic mass is 10.2. The van der Waals surface area contributed by atoms with Crippen molar-refractivity contribution < 1.29 is 18.7 Å². The zero-order valence-corrected chi connectivity index (χ0v) is 11.1. The molecule has 2 rings (SSSR count). The maximum atomic E-state index is 13.6. The van der Waals surface area contributed by atoms with Gasteiger partial charge in [-0.25, -0.2) is 18.6 Å². The molecule has 0 saturated heterocycles. The van der Waals surface area contributed by atoms with Gasteiger partial charge in [-0.3, -0.25) is 0 Å². The Kier molecular flexibility index (Phi) is 4.06. The number of aromatic carboxylic acids is 1. The van der Waals surface area contributed by atoms with Gasteiger partial charge >= 0.3 is 5.97 Å². The minimum absolute atomic E-state index is 0.0256. The number of halogens is 4. The van der Waals surface area contributed by atoms with Gasteiger partial charge in [-0.2, -0.15) is 0 Å². The lowest BCUT2D eigenvalue weighted by Gasteiger charge is -2.10. The standard InChI is InChI=1S/C12H6Cl2F2N2O2/c13-7-3-6(15)4-8(16)11(7)18-10-2-5(12(19)20)1-9(14)17-10/h1-4H,(H,17,18)(H,19,20). The van der Waals surface area contributed by atoms with Crippen molar-refractivity contribution in [2.75, 3.05) is 5.32 Å². The molecule has 0 radical (unpaired) electrons. The summed E-state index contributed by atoms with van der Waals surface area (Å²) < 4.78 is 26.5.